The summed E-state index contributed by atoms with van der Waals surface area (Å²) < 4.78 is 51.4. The van der Waals surface area contributed by atoms with E-state index in [9.17, 15) is 38.4 Å². The van der Waals surface area contributed by atoms with Crippen LogP contribution >= 0.6 is 122 Å². The Balaban J connectivity index is 0.000000357. The number of likely N-dealkylation sites (tertiary alicyclic amines) is 2. The fraction of sp³-hybridized carbons (Fsp3) is 0.660. The van der Waals surface area contributed by atoms with E-state index in [4.69, 9.17) is 163 Å². The van der Waals surface area contributed by atoms with E-state index in [1.807, 2.05) is 146 Å². The van der Waals surface area contributed by atoms with Crippen LogP contribution in [0.5, 0.6) is 0 Å². The van der Waals surface area contributed by atoms with E-state index in [1.54, 1.807) is 112 Å². The van der Waals surface area contributed by atoms with Gasteiger partial charge in [-0.1, -0.05) is 107 Å². The molecule has 8 aliphatic heterocycles. The van der Waals surface area contributed by atoms with Crippen LogP contribution in [0.3, 0.4) is 0 Å². The molecule has 10 heterocycles. The van der Waals surface area contributed by atoms with Crippen LogP contribution in [0, 0.1) is 17.8 Å². The molecule has 8 fully saturated rings. The number of thiocarbonyl (C=S) groups is 1. The molecule has 4 unspecified atom stereocenters. The first-order valence-electron chi connectivity index (χ1n) is 48.6. The lowest BCUT2D eigenvalue weighted by Crippen LogP contribution is -2.49. The highest BCUT2D eigenvalue weighted by atomic mass is 35.5. The normalized spacial score (nSPS) is 19.1. The number of carbonyl (C=O) groups excluding carboxylic acids is 8. The van der Waals surface area contributed by atoms with Crippen molar-refractivity contribution in [3.63, 3.8) is 0 Å². The third-order valence-corrected chi connectivity index (χ3v) is 59.9. The Morgan fingerprint density at radius 2 is 0.932 bits per heavy atom. The van der Waals surface area contributed by atoms with Crippen molar-refractivity contribution in [3.05, 3.63) is 132 Å². The van der Waals surface area contributed by atoms with Crippen molar-refractivity contribution < 1.29 is 85.7 Å². The summed E-state index contributed by atoms with van der Waals surface area (Å²) in [6.07, 6.45) is 10.9. The van der Waals surface area contributed by atoms with E-state index in [1.165, 1.54) is 50.6 Å². The summed E-state index contributed by atoms with van der Waals surface area (Å²) in [5.74, 6) is 0.136. The molecule has 8 N–H and O–H groups in total. The third kappa shape index (κ3) is 51.9. The molecule has 0 bridgehead atoms. The van der Waals surface area contributed by atoms with Crippen LogP contribution in [0.25, 0.3) is 0 Å². The second-order valence-corrected chi connectivity index (χ2v) is 69.6. The number of ketones is 1. The molecule has 832 valence electrons. The molecule has 8 saturated heterocycles. The quantitative estimate of drug-likeness (QED) is 0.0144. The maximum Gasteiger partial charge on any atom is 0.519 e. The van der Waals surface area contributed by atoms with Gasteiger partial charge in [-0.25, -0.2) is 33.9 Å². The summed E-state index contributed by atoms with van der Waals surface area (Å²) in [7, 11) is 15.2. The minimum absolute atomic E-state index is 0. The van der Waals surface area contributed by atoms with Gasteiger partial charge in [-0.15, -0.1) is 46.7 Å². The molecule has 5 amide bonds. The number of halogens is 5. The first kappa shape index (κ1) is 137. The van der Waals surface area contributed by atoms with Crippen LogP contribution in [0.1, 0.15) is 253 Å². The van der Waals surface area contributed by atoms with Gasteiger partial charge in [0.05, 0.1) is 58.2 Å². The van der Waals surface area contributed by atoms with Crippen molar-refractivity contribution in [1.29, 1.82) is 0 Å². The van der Waals surface area contributed by atoms with Gasteiger partial charge in [0.2, 0.25) is 11.8 Å². The lowest BCUT2D eigenvalue weighted by Gasteiger charge is -2.37. The number of hydrogen-bond donors (Lipinski definition) is 5. The zero-order chi connectivity index (χ0) is 109. The minimum atomic E-state index is -1.06. The Labute approximate surface area is 955 Å². The summed E-state index contributed by atoms with van der Waals surface area (Å²) in [5.41, 5.74) is 18.0. The number of Topliss-reactive ketones (excluding diaryl/α,β-unsaturated/α-hetero) is 1. The molecule has 5 aromatic rings. The lowest BCUT2D eigenvalue weighted by atomic mass is 9.71. The molecular formula is C97H148Cl5N11O18P4S13. The summed E-state index contributed by atoms with van der Waals surface area (Å²) in [6.45, 7) is 44.8. The van der Waals surface area contributed by atoms with Crippen LogP contribution in [0.15, 0.2) is 83.6 Å². The van der Waals surface area contributed by atoms with Crippen molar-refractivity contribution in [2.45, 2.75) is 264 Å². The van der Waals surface area contributed by atoms with E-state index in [2.05, 4.69) is 55.3 Å². The predicted octanol–water partition coefficient (Wildman–Crippen LogP) is 23.1. The molecule has 2 aromatic heterocycles. The molecule has 51 heteroatoms. The highest BCUT2D eigenvalue weighted by molar-refractivity contribution is 8.87. The number of hydrogen-bond acceptors (Lipinski definition) is 29. The molecule has 8 aliphatic rings. The van der Waals surface area contributed by atoms with Crippen LogP contribution in [-0.4, -0.2) is 237 Å². The largest absolute Gasteiger partial charge is 0.519 e. The Morgan fingerprint density at radius 1 is 0.520 bits per heavy atom. The van der Waals surface area contributed by atoms with Crippen LogP contribution in [-0.2, 0) is 176 Å². The summed E-state index contributed by atoms with van der Waals surface area (Å²) in [5, 5.41) is 15.5. The minimum Gasteiger partial charge on any atom is -0.444 e. The number of ether oxygens (including phenoxy) is 10. The highest BCUT2D eigenvalue weighted by Gasteiger charge is 2.44. The second kappa shape index (κ2) is 70.4. The molecule has 0 aliphatic carbocycles. The number of thiazole rings is 2. The number of amides is 5. The van der Waals surface area contributed by atoms with Crippen molar-refractivity contribution >= 4 is 278 Å². The summed E-state index contributed by atoms with van der Waals surface area (Å²) in [6, 6.07) is 23.9. The van der Waals surface area contributed by atoms with Crippen molar-refractivity contribution in [2.24, 2.45) is 35.0 Å². The van der Waals surface area contributed by atoms with Crippen molar-refractivity contribution in [1.82, 2.24) is 35.3 Å². The Morgan fingerprint density at radius 3 is 1.34 bits per heavy atom. The van der Waals surface area contributed by atoms with Crippen LogP contribution < -0.4 is 32.7 Å². The van der Waals surface area contributed by atoms with E-state index in [0.717, 1.165) is 177 Å². The average Bonchev–Trinajstić information content (AvgIpc) is 1.62. The van der Waals surface area contributed by atoms with Gasteiger partial charge >= 0.3 is 30.6 Å². The number of aromatic nitrogens is 2. The molecule has 0 saturated carbocycles. The molecule has 4 atom stereocenters. The molecule has 13 rings (SSSR count). The maximum atomic E-state index is 12.5. The molecular weight excluding hydrogens is 2330 g/mol. The topological polar surface area (TPSA) is 370 Å². The Bertz CT molecular complexity index is 5290. The first-order valence-corrected chi connectivity index (χ1v) is 70.9. The number of nitrogens with one attached hydrogen (secondary N) is 2. The number of alkyl halides is 1. The van der Waals surface area contributed by atoms with Crippen molar-refractivity contribution in [3.8, 4) is 0 Å². The monoisotopic (exact) mass is 2470 g/mol. The summed E-state index contributed by atoms with van der Waals surface area (Å²) >= 11 is 47.4. The first-order chi connectivity index (χ1) is 69.4. The van der Waals surface area contributed by atoms with Gasteiger partial charge in [-0.05, 0) is 354 Å². The number of anilines is 1. The second-order valence-electron chi connectivity index (χ2n) is 39.9. The van der Waals surface area contributed by atoms with Gasteiger partial charge < -0.3 is 89.9 Å². The SMILES string of the molecule is CC(C)(C)OC(=O)N1CCCC(C(N)=O)C1.CC(C)(C)OC(=O)N1CCCC(C(N)=S)C1.CC(C)(C)OC(=O)N1CCCN(c2nc(C3(c4cccc(Cl)c4)CCOCC3)cs2)C1.CC(C)(C)OC(=O)OC(=O)OC(C)(C)C.CCOCC.Cl.Clc1cccc(C2(c3csc(C4CCCNC4)n3)CCOCC2)c1.NC(=O)C1CCCNC1.O=C(CCl)C1(c2cccc(Cl)c2)CCOCC1.S=PP(P=S)P=S=S=S=S=S=S=S=S. The maximum absolute atomic E-state index is 12.5. The Hall–Kier alpha value is -3.49. The molecule has 148 heavy (non-hydrogen) atoms. The number of carbonyl (C=O) groups is 8. The molecule has 0 radical (unpaired) electrons. The van der Waals surface area contributed by atoms with Gasteiger partial charge in [0.25, 0.3) is 0 Å². The van der Waals surface area contributed by atoms with E-state index >= 15 is 0 Å². The smallest absolute Gasteiger partial charge is 0.444 e. The van der Waals surface area contributed by atoms with Gasteiger partial charge in [-0.3, -0.25) is 19.3 Å². The van der Waals surface area contributed by atoms with Gasteiger partial charge in [-0.2, -0.15) is 0 Å². The fourth-order valence-electron chi connectivity index (χ4n) is 16.0. The van der Waals surface area contributed by atoms with Gasteiger partial charge in [0.15, 0.2) is 10.9 Å². The Kier molecular flexibility index (Phi) is 65.0. The number of benzene rings is 3. The molecule has 29 nitrogen and oxygen atoms in total. The van der Waals surface area contributed by atoms with Gasteiger partial charge in [0, 0.05) is 175 Å². The third-order valence-electron chi connectivity index (χ3n) is 23.0. The van der Waals surface area contributed by atoms with Crippen LogP contribution in [0.2, 0.25) is 15.1 Å². The summed E-state index contributed by atoms with van der Waals surface area (Å²) in [4.78, 5) is 110. The molecule has 3 aromatic carbocycles. The predicted molar refractivity (Wildman–Crippen MR) is 638 cm³/mol. The highest BCUT2D eigenvalue weighted by Crippen LogP contribution is 2.70. The number of rotatable bonds is 17. The zero-order valence-corrected chi connectivity index (χ0v) is 105. The van der Waals surface area contributed by atoms with E-state index < -0.39 is 45.7 Å². The van der Waals surface area contributed by atoms with Crippen molar-refractivity contribution in [2.75, 3.05) is 136 Å². The zero-order valence-electron chi connectivity index (χ0n) is 87.4. The lowest BCUT2D eigenvalue weighted by molar-refractivity contribution is -0.126. The van der Waals surface area contributed by atoms with Gasteiger partial charge in [0.1, 0.15) is 28.0 Å². The standard InChI is InChI=1S/C23H30ClN3O3S.C19H23ClN2OS.C13H14Cl2O2.C11H20N2O3.C11H20N2O2S.C10H18O5.C6H12N2O.C4H10O.ClH.P4S10/c1-22(2,3)30-21(28)27-11-5-10-26(16-27)20-25-19(15-31-20)23(8-12-29-13-9-23)17-6-4-7-18(24)14-17;20-16-5-1-4-15(11-16)19(6-9-23-10-7-19)17-13-24-18(22-17)14-3-2-8-21-12-14;14-9-12(16)13(4-6-17-7-5-13)10-2-1-3-11(15)8-10;1-11(2,3)16-10(15)13-6-4-5-8(7-13)9(12)14;1-11(2,3)15-10(14)13-6-4-5-8(7-13)9(12)16;1-9(2,3)14-7(11)13-8(12)15-10(4,5)6;7-6(9)5-2-1-3-8-4-5;1-3-5-4-2;;5-1-4(2-6)3-8-10-12-14-13-11-9-7/h4,6-7,14-15H,5,8-13,16H2,1-3H3;1,4-5,11,13-14,21H,2-3,6-10,12H2;1-3,8H,4-7,9H2;8H,4-7H2,1-3H3,(H2,12,14);8H,4-7H2,1-3H3,(H2,12,16);1-6H3;5,8H,1-4H2,(H2,7,9);3-4H2,1-2H3;1H;. The number of piperidine rings is 4. The fourth-order valence-corrected chi connectivity index (χ4v) is 54.4. The average molecular weight is 2470 g/mol. The number of primary amides is 2. The molecule has 0 spiro atoms. The van der Waals surface area contributed by atoms with Crippen LogP contribution in [0.4, 0.5) is 29.1 Å². The number of nitrogens with zero attached hydrogens (tertiary/aromatic N) is 6. The van der Waals surface area contributed by atoms with E-state index in [0.29, 0.717) is 88.0 Å². The number of nitrogens with two attached hydrogens (primary N) is 3. The van der Waals surface area contributed by atoms with E-state index in [-0.39, 0.29) is 89.7 Å².